The molecular formula is C9H20Mg. The molecule has 0 heterocycles. The topological polar surface area (TPSA) is 0 Å². The quantitative estimate of drug-likeness (QED) is 0.533. The van der Waals surface area contributed by atoms with Crippen molar-refractivity contribution < 1.29 is 2.85 Å². The Hall–Kier alpha value is 0.766. The summed E-state index contributed by atoms with van der Waals surface area (Å²) in [6.07, 6.45) is 10.4. The van der Waals surface area contributed by atoms with Crippen LogP contribution < -0.4 is 0 Å². The standard InChI is InChI=1S/C9H18.Mg.2H/c1-2-6-9-7-4-3-5-8-9;;;/h9H,2-8H2,1H3;;;/q;+2;2*-1. The third-order valence-electron chi connectivity index (χ3n) is 2.42. The summed E-state index contributed by atoms with van der Waals surface area (Å²) in [5.74, 6) is 1.10. The van der Waals surface area contributed by atoms with Gasteiger partial charge in [-0.3, -0.25) is 0 Å². The van der Waals surface area contributed by atoms with Crippen molar-refractivity contribution in [1.29, 1.82) is 0 Å². The zero-order chi connectivity index (χ0) is 6.53. The third-order valence-corrected chi connectivity index (χ3v) is 2.42. The van der Waals surface area contributed by atoms with Gasteiger partial charge in [-0.05, 0) is 5.92 Å². The van der Waals surface area contributed by atoms with Gasteiger partial charge >= 0.3 is 23.1 Å². The van der Waals surface area contributed by atoms with E-state index in [1.165, 1.54) is 44.9 Å². The molecule has 0 radical (unpaired) electrons. The van der Waals surface area contributed by atoms with Crippen molar-refractivity contribution in [2.24, 2.45) is 5.92 Å². The number of hydrogen-bond donors (Lipinski definition) is 0. The second kappa shape index (κ2) is 6.47. The smallest absolute Gasteiger partial charge is 1.00 e. The average Bonchev–Trinajstić information content (AvgIpc) is 1.91. The van der Waals surface area contributed by atoms with Gasteiger partial charge in [0.2, 0.25) is 0 Å². The second-order valence-electron chi connectivity index (χ2n) is 3.29. The molecule has 0 spiro atoms. The summed E-state index contributed by atoms with van der Waals surface area (Å²) in [7, 11) is 0. The van der Waals surface area contributed by atoms with Gasteiger partial charge < -0.3 is 2.85 Å². The summed E-state index contributed by atoms with van der Waals surface area (Å²) >= 11 is 0. The predicted octanol–water partition coefficient (Wildman–Crippen LogP) is 3.21. The summed E-state index contributed by atoms with van der Waals surface area (Å²) in [4.78, 5) is 0. The first-order chi connectivity index (χ1) is 4.43. The molecule has 10 heavy (non-hydrogen) atoms. The van der Waals surface area contributed by atoms with Crippen LogP contribution >= 0.6 is 0 Å². The maximum Gasteiger partial charge on any atom is 2.00 e. The Labute approximate surface area is 83.9 Å². The van der Waals surface area contributed by atoms with Crippen LogP contribution in [-0.4, -0.2) is 23.1 Å². The van der Waals surface area contributed by atoms with E-state index in [0.717, 1.165) is 5.92 Å². The van der Waals surface area contributed by atoms with E-state index in [1.807, 2.05) is 0 Å². The predicted molar refractivity (Wildman–Crippen MR) is 49.5 cm³/mol. The fraction of sp³-hybridized carbons (Fsp3) is 1.00. The Balaban J connectivity index is -0.000000270. The van der Waals surface area contributed by atoms with Gasteiger partial charge in [0, 0.05) is 0 Å². The molecule has 0 bridgehead atoms. The molecule has 0 atom stereocenters. The first-order valence-corrected chi connectivity index (χ1v) is 4.43. The summed E-state index contributed by atoms with van der Waals surface area (Å²) < 4.78 is 0. The Morgan fingerprint density at radius 2 is 1.80 bits per heavy atom. The van der Waals surface area contributed by atoms with Crippen LogP contribution in [-0.2, 0) is 0 Å². The second-order valence-corrected chi connectivity index (χ2v) is 3.29. The van der Waals surface area contributed by atoms with Crippen LogP contribution in [0.5, 0.6) is 0 Å². The van der Waals surface area contributed by atoms with Gasteiger partial charge in [0.25, 0.3) is 0 Å². The minimum absolute atomic E-state index is 0. The number of rotatable bonds is 2. The number of hydrogen-bond acceptors (Lipinski definition) is 0. The third kappa shape index (κ3) is 3.82. The van der Waals surface area contributed by atoms with Crippen LogP contribution in [0.25, 0.3) is 0 Å². The molecule has 58 valence electrons. The van der Waals surface area contributed by atoms with Gasteiger partial charge in [-0.15, -0.1) is 0 Å². The summed E-state index contributed by atoms with van der Waals surface area (Å²) in [5.41, 5.74) is 0. The van der Waals surface area contributed by atoms with E-state index in [1.54, 1.807) is 0 Å². The van der Waals surface area contributed by atoms with Crippen LogP contribution in [0.1, 0.15) is 54.7 Å². The van der Waals surface area contributed by atoms with E-state index in [-0.39, 0.29) is 25.9 Å². The minimum atomic E-state index is 0. The Kier molecular flexibility index (Phi) is 6.97. The van der Waals surface area contributed by atoms with Crippen molar-refractivity contribution in [1.82, 2.24) is 0 Å². The first-order valence-electron chi connectivity index (χ1n) is 4.43. The maximum absolute atomic E-state index is 2.30. The zero-order valence-corrected chi connectivity index (χ0v) is 8.65. The summed E-state index contributed by atoms with van der Waals surface area (Å²) in [6.45, 7) is 2.30. The van der Waals surface area contributed by atoms with Crippen molar-refractivity contribution in [3.05, 3.63) is 0 Å². The van der Waals surface area contributed by atoms with Crippen LogP contribution in [0, 0.1) is 5.92 Å². The molecule has 1 fully saturated rings. The molecule has 1 aliphatic rings. The molecule has 0 amide bonds. The molecule has 0 nitrogen and oxygen atoms in total. The Morgan fingerprint density at radius 1 is 1.20 bits per heavy atom. The SMILES string of the molecule is CCCC1CCCCC1.[H-].[H-].[Mg+2]. The van der Waals surface area contributed by atoms with Gasteiger partial charge in [-0.25, -0.2) is 0 Å². The van der Waals surface area contributed by atoms with Crippen LogP contribution in [0.15, 0.2) is 0 Å². The van der Waals surface area contributed by atoms with Gasteiger partial charge in [0.15, 0.2) is 0 Å². The molecule has 1 saturated carbocycles. The molecule has 0 saturated heterocycles. The zero-order valence-electron chi connectivity index (χ0n) is 9.23. The Morgan fingerprint density at radius 3 is 2.30 bits per heavy atom. The van der Waals surface area contributed by atoms with E-state index in [4.69, 9.17) is 0 Å². The van der Waals surface area contributed by atoms with E-state index in [2.05, 4.69) is 6.92 Å². The van der Waals surface area contributed by atoms with Crippen molar-refractivity contribution >= 4 is 23.1 Å². The van der Waals surface area contributed by atoms with E-state index in [0.29, 0.717) is 0 Å². The molecule has 0 N–H and O–H groups in total. The molecule has 0 aromatic carbocycles. The molecule has 0 aromatic heterocycles. The molecule has 1 heteroatoms. The van der Waals surface area contributed by atoms with E-state index < -0.39 is 0 Å². The molecule has 0 aromatic rings. The van der Waals surface area contributed by atoms with Gasteiger partial charge in [-0.2, -0.15) is 0 Å². The minimum Gasteiger partial charge on any atom is -1.00 e. The Bertz CT molecular complexity index is 70.2. The van der Waals surface area contributed by atoms with Crippen molar-refractivity contribution in [2.75, 3.05) is 0 Å². The van der Waals surface area contributed by atoms with Crippen LogP contribution in [0.2, 0.25) is 0 Å². The van der Waals surface area contributed by atoms with Gasteiger partial charge in [-0.1, -0.05) is 51.9 Å². The summed E-state index contributed by atoms with van der Waals surface area (Å²) in [6, 6.07) is 0. The monoisotopic (exact) mass is 152 g/mol. The van der Waals surface area contributed by atoms with Crippen molar-refractivity contribution in [2.45, 2.75) is 51.9 Å². The van der Waals surface area contributed by atoms with Gasteiger partial charge in [0.1, 0.15) is 0 Å². The summed E-state index contributed by atoms with van der Waals surface area (Å²) in [5, 5.41) is 0. The molecular weight excluding hydrogens is 132 g/mol. The van der Waals surface area contributed by atoms with E-state index in [9.17, 15) is 0 Å². The van der Waals surface area contributed by atoms with Crippen molar-refractivity contribution in [3.63, 3.8) is 0 Å². The maximum atomic E-state index is 2.30. The first kappa shape index (κ1) is 10.8. The normalized spacial score (nSPS) is 20.1. The van der Waals surface area contributed by atoms with Crippen LogP contribution in [0.3, 0.4) is 0 Å². The molecule has 1 rings (SSSR count). The van der Waals surface area contributed by atoms with E-state index >= 15 is 0 Å². The molecule has 0 aliphatic heterocycles. The average molecular weight is 153 g/mol. The fourth-order valence-electron chi connectivity index (χ4n) is 1.88. The fourth-order valence-corrected chi connectivity index (χ4v) is 1.88. The largest absolute Gasteiger partial charge is 2.00 e. The molecule has 1 aliphatic carbocycles. The van der Waals surface area contributed by atoms with Crippen LogP contribution in [0.4, 0.5) is 0 Å². The molecule has 0 unspecified atom stereocenters. The van der Waals surface area contributed by atoms with Crippen molar-refractivity contribution in [3.8, 4) is 0 Å². The van der Waals surface area contributed by atoms with Gasteiger partial charge in [0.05, 0.1) is 0 Å².